The average Bonchev–Trinajstić information content (AvgIpc) is 3.15. The Bertz CT molecular complexity index is 1320. The molecule has 2 fully saturated rings. The third-order valence-electron chi connectivity index (χ3n) is 7.40. The minimum absolute atomic E-state index is 0.0234. The Morgan fingerprint density at radius 1 is 1.11 bits per heavy atom. The number of aromatic nitrogens is 1. The highest BCUT2D eigenvalue weighted by molar-refractivity contribution is 6.05. The summed E-state index contributed by atoms with van der Waals surface area (Å²) in [6.07, 6.45) is 1.12. The van der Waals surface area contributed by atoms with E-state index in [-0.39, 0.29) is 30.7 Å². The van der Waals surface area contributed by atoms with E-state index >= 15 is 0 Å². The fourth-order valence-electron chi connectivity index (χ4n) is 5.54. The van der Waals surface area contributed by atoms with Crippen LogP contribution >= 0.6 is 0 Å². The van der Waals surface area contributed by atoms with Gasteiger partial charge in [-0.25, -0.2) is 4.79 Å². The lowest BCUT2D eigenvalue weighted by Crippen LogP contribution is -2.50. The van der Waals surface area contributed by atoms with E-state index in [1.165, 1.54) is 10.6 Å². The monoisotopic (exact) mass is 509 g/mol. The Morgan fingerprint density at radius 2 is 1.86 bits per heavy atom. The number of nitrogens with one attached hydrogen (secondary N) is 1. The van der Waals surface area contributed by atoms with Gasteiger partial charge in [-0.3, -0.25) is 29.4 Å². The summed E-state index contributed by atoms with van der Waals surface area (Å²) in [6.45, 7) is 1.24. The summed E-state index contributed by atoms with van der Waals surface area (Å²) in [7, 11) is 1.58. The van der Waals surface area contributed by atoms with Gasteiger partial charge in [0.1, 0.15) is 11.8 Å². The first-order valence-corrected chi connectivity index (χ1v) is 12.2. The first-order valence-electron chi connectivity index (χ1n) is 12.2. The Hall–Kier alpha value is -4.22. The summed E-state index contributed by atoms with van der Waals surface area (Å²) < 4.78 is 6.60. The lowest BCUT2D eigenvalue weighted by Gasteiger charge is -2.42. The number of urea groups is 1. The molecule has 0 saturated carbocycles. The van der Waals surface area contributed by atoms with Crippen LogP contribution in [0.1, 0.15) is 30.0 Å². The van der Waals surface area contributed by atoms with Gasteiger partial charge in [-0.1, -0.05) is 12.1 Å². The quantitative estimate of drug-likeness (QED) is 0.336. The van der Waals surface area contributed by atoms with E-state index in [4.69, 9.17) is 4.74 Å². The SMILES string of the molecule is COc1ccc(CCN2C(=O)NC(CC(=O)N3C[C@H]4C[C@@H](C3)c3ccc([N+](=O)[O-])c(=O)n3C4)C2=O)cc1. The molecule has 2 aromatic rings. The lowest BCUT2D eigenvalue weighted by atomic mass is 9.83. The number of amides is 4. The van der Waals surface area contributed by atoms with Crippen LogP contribution in [0, 0.1) is 16.0 Å². The molecule has 2 saturated heterocycles. The van der Waals surface area contributed by atoms with Gasteiger partial charge in [-0.2, -0.15) is 0 Å². The maximum absolute atomic E-state index is 13.1. The molecule has 3 aliphatic rings. The molecular weight excluding hydrogens is 482 g/mol. The van der Waals surface area contributed by atoms with Gasteiger partial charge in [0.15, 0.2) is 0 Å². The molecule has 1 aromatic heterocycles. The molecule has 0 aliphatic carbocycles. The molecule has 0 radical (unpaired) electrons. The van der Waals surface area contributed by atoms with Crippen molar-refractivity contribution < 1.29 is 24.0 Å². The van der Waals surface area contributed by atoms with Crippen LogP contribution < -0.4 is 15.6 Å². The number of carbonyl (C=O) groups is 3. The van der Waals surface area contributed by atoms with Crippen LogP contribution in [0.3, 0.4) is 0 Å². The summed E-state index contributed by atoms with van der Waals surface area (Å²) in [5.74, 6) is -0.100. The molecule has 194 valence electrons. The van der Waals surface area contributed by atoms with E-state index in [0.29, 0.717) is 31.7 Å². The molecule has 1 aromatic carbocycles. The van der Waals surface area contributed by atoms with Crippen molar-refractivity contribution in [2.24, 2.45) is 5.92 Å². The third kappa shape index (κ3) is 4.66. The number of methoxy groups -OCH3 is 1. The second-order valence-corrected chi connectivity index (χ2v) is 9.71. The second kappa shape index (κ2) is 9.68. The average molecular weight is 510 g/mol. The number of carbonyl (C=O) groups excluding carboxylic acids is 3. The highest BCUT2D eigenvalue weighted by Crippen LogP contribution is 2.36. The smallest absolute Gasteiger partial charge is 0.334 e. The first kappa shape index (κ1) is 24.5. The minimum atomic E-state index is -0.921. The van der Waals surface area contributed by atoms with Gasteiger partial charge in [0.2, 0.25) is 5.91 Å². The number of nitro groups is 1. The summed E-state index contributed by atoms with van der Waals surface area (Å²) >= 11 is 0. The van der Waals surface area contributed by atoms with Crippen LogP contribution in [-0.2, 0) is 22.6 Å². The number of hydrogen-bond acceptors (Lipinski definition) is 7. The number of nitrogens with zero attached hydrogens (tertiary/aromatic N) is 4. The molecule has 12 nitrogen and oxygen atoms in total. The molecule has 1 N–H and O–H groups in total. The van der Waals surface area contributed by atoms with Crippen molar-refractivity contribution >= 4 is 23.5 Å². The standard InChI is InChI=1S/C25H27N5O7/c1-37-18-4-2-15(3-5-18)8-9-28-23(32)19(26-25(28)34)11-22(31)27-12-16-10-17(14-27)20-6-7-21(30(35)36)24(33)29(20)13-16/h2-7,16-17,19H,8-14H2,1H3,(H,26,34)/t16-,17+,19?/m1/s1. The molecule has 3 atom stereocenters. The molecule has 3 aliphatic heterocycles. The largest absolute Gasteiger partial charge is 0.497 e. The van der Waals surface area contributed by atoms with E-state index in [9.17, 15) is 29.3 Å². The van der Waals surface area contributed by atoms with Crippen molar-refractivity contribution in [2.75, 3.05) is 26.7 Å². The minimum Gasteiger partial charge on any atom is -0.497 e. The van der Waals surface area contributed by atoms with Crippen LogP contribution in [0.2, 0.25) is 0 Å². The summed E-state index contributed by atoms with van der Waals surface area (Å²) in [6, 6.07) is 8.75. The van der Waals surface area contributed by atoms with Crippen molar-refractivity contribution in [1.82, 2.24) is 19.7 Å². The van der Waals surface area contributed by atoms with E-state index in [1.807, 2.05) is 24.3 Å². The van der Waals surface area contributed by atoms with Gasteiger partial charge in [0, 0.05) is 43.9 Å². The van der Waals surface area contributed by atoms with Gasteiger partial charge < -0.3 is 19.5 Å². The molecule has 0 spiro atoms. The number of piperidine rings is 1. The fourth-order valence-corrected chi connectivity index (χ4v) is 5.54. The second-order valence-electron chi connectivity index (χ2n) is 9.71. The van der Waals surface area contributed by atoms with E-state index < -0.39 is 34.2 Å². The Labute approximate surface area is 211 Å². The molecule has 37 heavy (non-hydrogen) atoms. The van der Waals surface area contributed by atoms with Gasteiger partial charge in [-0.05, 0) is 42.5 Å². The summed E-state index contributed by atoms with van der Waals surface area (Å²) in [5.41, 5.74) is 0.555. The Kier molecular flexibility index (Phi) is 6.40. The van der Waals surface area contributed by atoms with Crippen LogP contribution in [-0.4, -0.2) is 69.9 Å². The number of rotatable bonds is 7. The fraction of sp³-hybridized carbons (Fsp3) is 0.440. The molecule has 1 unspecified atom stereocenters. The van der Waals surface area contributed by atoms with Crippen LogP contribution in [0.4, 0.5) is 10.5 Å². The van der Waals surface area contributed by atoms with Gasteiger partial charge in [0.25, 0.3) is 5.91 Å². The molecular formula is C25H27N5O7. The van der Waals surface area contributed by atoms with Crippen molar-refractivity contribution in [2.45, 2.75) is 37.8 Å². The topological polar surface area (TPSA) is 144 Å². The van der Waals surface area contributed by atoms with Gasteiger partial charge in [-0.15, -0.1) is 0 Å². The number of fused-ring (bicyclic) bond motifs is 4. The van der Waals surface area contributed by atoms with Gasteiger partial charge in [0.05, 0.1) is 18.5 Å². The number of benzene rings is 1. The van der Waals surface area contributed by atoms with Crippen LogP contribution in [0.5, 0.6) is 5.75 Å². The van der Waals surface area contributed by atoms with E-state index in [0.717, 1.165) is 22.6 Å². The van der Waals surface area contributed by atoms with Crippen molar-refractivity contribution in [3.63, 3.8) is 0 Å². The van der Waals surface area contributed by atoms with E-state index in [1.54, 1.807) is 18.1 Å². The highest BCUT2D eigenvalue weighted by Gasteiger charge is 2.42. The summed E-state index contributed by atoms with van der Waals surface area (Å²) in [5, 5.41) is 13.8. The predicted octanol–water partition coefficient (Wildman–Crippen LogP) is 1.26. The highest BCUT2D eigenvalue weighted by atomic mass is 16.6. The van der Waals surface area contributed by atoms with Crippen molar-refractivity contribution in [3.05, 3.63) is 68.1 Å². The molecule has 2 bridgehead atoms. The maximum Gasteiger partial charge on any atom is 0.334 e. The van der Waals surface area contributed by atoms with Crippen LogP contribution in [0.15, 0.2) is 41.2 Å². The Balaban J connectivity index is 1.21. The van der Waals surface area contributed by atoms with Crippen molar-refractivity contribution in [3.8, 4) is 5.75 Å². The Morgan fingerprint density at radius 3 is 2.57 bits per heavy atom. The molecule has 4 amide bonds. The molecule has 5 rings (SSSR count). The first-order chi connectivity index (χ1) is 17.7. The predicted molar refractivity (Wildman–Crippen MR) is 130 cm³/mol. The number of ether oxygens (including phenoxy) is 1. The van der Waals surface area contributed by atoms with Crippen molar-refractivity contribution in [1.29, 1.82) is 0 Å². The maximum atomic E-state index is 13.1. The number of imide groups is 1. The number of hydrogen-bond donors (Lipinski definition) is 1. The summed E-state index contributed by atoms with van der Waals surface area (Å²) in [4.78, 5) is 64.3. The number of pyridine rings is 1. The lowest BCUT2D eigenvalue weighted by molar-refractivity contribution is -0.386. The zero-order valence-corrected chi connectivity index (χ0v) is 20.3. The zero-order valence-electron chi connectivity index (χ0n) is 20.3. The number of likely N-dealkylation sites (tertiary alicyclic amines) is 1. The van der Waals surface area contributed by atoms with Gasteiger partial charge >= 0.3 is 17.3 Å². The zero-order chi connectivity index (χ0) is 26.3. The molecule has 4 heterocycles. The third-order valence-corrected chi connectivity index (χ3v) is 7.40. The molecule has 12 heteroatoms. The normalized spacial score (nSPS) is 22.5. The van der Waals surface area contributed by atoms with E-state index in [2.05, 4.69) is 5.32 Å². The van der Waals surface area contributed by atoms with Crippen LogP contribution in [0.25, 0.3) is 0 Å².